The lowest BCUT2D eigenvalue weighted by atomic mass is 9.75. The molecule has 2 unspecified atom stereocenters. The molecular formula is C53H42N2O3. The first kappa shape index (κ1) is 46.4. The van der Waals surface area contributed by atoms with E-state index in [0.717, 1.165) is 19.3 Å². The molecule has 3 N–H and O–H groups in total. The second-order valence-electron chi connectivity index (χ2n) is 11.9. The second-order valence-corrected chi connectivity index (χ2v) is 11.9. The zero-order valence-corrected chi connectivity index (χ0v) is 32.6. The van der Waals surface area contributed by atoms with Crippen molar-refractivity contribution < 1.29 is 14.3 Å². The van der Waals surface area contributed by atoms with Crippen LogP contribution in [0.25, 0.3) is 0 Å². The van der Waals surface area contributed by atoms with Gasteiger partial charge in [0.2, 0.25) is 0 Å². The third-order valence-corrected chi connectivity index (χ3v) is 8.14. The zero-order valence-electron chi connectivity index (χ0n) is 32.6. The van der Waals surface area contributed by atoms with Gasteiger partial charge in [-0.3, -0.25) is 4.79 Å². The fourth-order valence-electron chi connectivity index (χ4n) is 5.46. The lowest BCUT2D eigenvalue weighted by Crippen LogP contribution is -2.53. The lowest BCUT2D eigenvalue weighted by molar-refractivity contribution is -0.235. The summed E-state index contributed by atoms with van der Waals surface area (Å²) in [6.45, 7) is 17.8. The number of nitrogens with one attached hydrogen (secondary N) is 1. The first-order valence-electron chi connectivity index (χ1n) is 18.3. The first-order valence-corrected chi connectivity index (χ1v) is 18.3. The summed E-state index contributed by atoms with van der Waals surface area (Å²) in [5, 5.41) is 2.91. The molecule has 0 aliphatic carbocycles. The highest BCUT2D eigenvalue weighted by atomic mass is 16.7. The molecule has 0 aromatic heterocycles. The van der Waals surface area contributed by atoms with Crippen LogP contribution in [0.4, 0.5) is 0 Å². The maximum atomic E-state index is 12.9. The summed E-state index contributed by atoms with van der Waals surface area (Å²) in [6.07, 6.45) is 10.6. The molecule has 1 aliphatic heterocycles. The van der Waals surface area contributed by atoms with Gasteiger partial charge in [0.15, 0.2) is 6.29 Å². The Morgan fingerprint density at radius 3 is 1.66 bits per heavy atom. The molecule has 1 amide bonds. The Labute approximate surface area is 346 Å². The van der Waals surface area contributed by atoms with Crippen molar-refractivity contribution in [2.45, 2.75) is 63.5 Å². The molecule has 0 saturated carbocycles. The van der Waals surface area contributed by atoms with E-state index in [4.69, 9.17) is 15.2 Å². The van der Waals surface area contributed by atoms with Crippen LogP contribution in [-0.4, -0.2) is 37.0 Å². The van der Waals surface area contributed by atoms with Gasteiger partial charge in [-0.25, -0.2) is 0 Å². The Morgan fingerprint density at radius 1 is 0.707 bits per heavy atom. The largest absolute Gasteiger partial charge is 0.350 e. The van der Waals surface area contributed by atoms with Gasteiger partial charge in [0, 0.05) is 59.3 Å². The maximum absolute atomic E-state index is 12.9. The minimum Gasteiger partial charge on any atom is -0.350 e. The second kappa shape index (κ2) is 30.6. The number of benzene rings is 1. The van der Waals surface area contributed by atoms with Crippen molar-refractivity contribution in [3.8, 4) is 142 Å². The van der Waals surface area contributed by atoms with Crippen LogP contribution in [0.15, 0.2) is 81.0 Å². The average molecular weight is 755 g/mol. The van der Waals surface area contributed by atoms with Crippen molar-refractivity contribution >= 4 is 5.91 Å². The molecular weight excluding hydrogens is 713 g/mol. The van der Waals surface area contributed by atoms with Crippen LogP contribution in [0.1, 0.15) is 38.2 Å². The minimum atomic E-state index is -0.639. The van der Waals surface area contributed by atoms with Crippen molar-refractivity contribution in [1.29, 1.82) is 0 Å². The highest BCUT2D eigenvalue weighted by molar-refractivity contribution is 5.94. The van der Waals surface area contributed by atoms with Crippen LogP contribution in [0.2, 0.25) is 0 Å². The molecule has 0 radical (unpaired) electrons. The molecule has 5 nitrogen and oxygen atoms in total. The number of nitrogens with two attached hydrogens (primary N) is 1. The summed E-state index contributed by atoms with van der Waals surface area (Å²) in [7, 11) is 0. The normalized spacial score (nSPS) is 17.0. The van der Waals surface area contributed by atoms with Gasteiger partial charge in [0.05, 0.1) is 18.8 Å². The number of unbranched alkanes of at least 4 members (excludes halogenated alkanes) is 1. The van der Waals surface area contributed by atoms with Crippen LogP contribution < -0.4 is 11.1 Å². The Kier molecular flexibility index (Phi) is 24.5. The van der Waals surface area contributed by atoms with E-state index >= 15 is 0 Å². The SMILES string of the molecule is C=CCC1O[C@H](OC[C@H](NC(=O)C#CC#CC#CC#CC#CC#CC#CC#CC#CC#CC#CC#CC)[C@H](N)CCCCc2ccccc2)C(C=C)[C@@H](C=C)[C@H]1C=C. The minimum absolute atomic E-state index is 0.00601. The highest BCUT2D eigenvalue weighted by Gasteiger charge is 2.42. The van der Waals surface area contributed by atoms with E-state index in [2.05, 4.69) is 186 Å². The van der Waals surface area contributed by atoms with Crippen LogP contribution in [0.5, 0.6) is 0 Å². The van der Waals surface area contributed by atoms with E-state index in [1.807, 2.05) is 42.5 Å². The molecule has 1 fully saturated rings. The van der Waals surface area contributed by atoms with E-state index < -0.39 is 24.3 Å². The van der Waals surface area contributed by atoms with Gasteiger partial charge >= 0.3 is 0 Å². The fraction of sp³-hybridized carbons (Fsp3) is 0.264. The number of ether oxygens (including phenoxy) is 2. The topological polar surface area (TPSA) is 73.6 Å². The van der Waals surface area contributed by atoms with Crippen molar-refractivity contribution in [2.24, 2.45) is 23.5 Å². The molecule has 2 rings (SSSR count). The molecule has 282 valence electrons. The summed E-state index contributed by atoms with van der Waals surface area (Å²) in [5.41, 5.74) is 7.94. The van der Waals surface area contributed by atoms with E-state index in [0.29, 0.717) is 12.8 Å². The quantitative estimate of drug-likeness (QED) is 0.150. The number of hydrogen-bond acceptors (Lipinski definition) is 4. The molecule has 5 heteroatoms. The third kappa shape index (κ3) is 19.5. The van der Waals surface area contributed by atoms with E-state index in [1.165, 1.54) is 5.56 Å². The molecule has 1 aromatic rings. The van der Waals surface area contributed by atoms with Gasteiger partial charge in [0.25, 0.3) is 5.91 Å². The Hall–Kier alpha value is -7.75. The first-order chi connectivity index (χ1) is 28.5. The molecule has 1 aliphatic rings. The summed E-state index contributed by atoms with van der Waals surface area (Å²) >= 11 is 0. The van der Waals surface area contributed by atoms with Crippen LogP contribution in [-0.2, 0) is 20.7 Å². The molecule has 1 aromatic carbocycles. The summed E-state index contributed by atoms with van der Waals surface area (Å²) in [4.78, 5) is 12.9. The van der Waals surface area contributed by atoms with E-state index in [1.54, 1.807) is 6.92 Å². The predicted octanol–water partition coefficient (Wildman–Crippen LogP) is 5.00. The Balaban J connectivity index is 2.01. The maximum Gasteiger partial charge on any atom is 0.297 e. The number of aryl methyl sites for hydroxylation is 1. The van der Waals surface area contributed by atoms with Gasteiger partial charge < -0.3 is 20.5 Å². The smallest absolute Gasteiger partial charge is 0.297 e. The number of carbonyl (C=O) groups excluding carboxylic acids is 1. The van der Waals surface area contributed by atoms with Gasteiger partial charge in [0.1, 0.15) is 0 Å². The zero-order chi connectivity index (χ0) is 41.9. The van der Waals surface area contributed by atoms with Crippen molar-refractivity contribution in [2.75, 3.05) is 6.61 Å². The Morgan fingerprint density at radius 2 is 1.19 bits per heavy atom. The molecule has 0 bridgehead atoms. The van der Waals surface area contributed by atoms with Crippen molar-refractivity contribution in [1.82, 2.24) is 5.32 Å². The van der Waals surface area contributed by atoms with Crippen LogP contribution in [0.3, 0.4) is 0 Å². The van der Waals surface area contributed by atoms with Gasteiger partial charge in [-0.2, -0.15) is 0 Å². The van der Waals surface area contributed by atoms with Gasteiger partial charge in [-0.1, -0.05) is 67.0 Å². The molecule has 58 heavy (non-hydrogen) atoms. The predicted molar refractivity (Wildman–Crippen MR) is 233 cm³/mol. The van der Waals surface area contributed by atoms with Gasteiger partial charge in [-0.05, 0) is 139 Å². The van der Waals surface area contributed by atoms with Crippen LogP contribution >= 0.6 is 0 Å². The molecule has 7 atom stereocenters. The van der Waals surface area contributed by atoms with Crippen molar-refractivity contribution in [3.63, 3.8) is 0 Å². The number of allylic oxidation sites excluding steroid dienone is 1. The van der Waals surface area contributed by atoms with E-state index in [-0.39, 0.29) is 30.5 Å². The highest BCUT2D eigenvalue weighted by Crippen LogP contribution is 2.39. The van der Waals surface area contributed by atoms with Gasteiger partial charge in [-0.15, -0.1) is 26.3 Å². The van der Waals surface area contributed by atoms with Crippen LogP contribution in [0, 0.1) is 160 Å². The molecule has 0 spiro atoms. The number of carbonyl (C=O) groups is 1. The standard InChI is InChI=1S/C53H42N2O3/c1-6-11-12-13-14-15-16-17-18-19-20-21-22-23-24-25-26-27-28-29-30-31-35-43-52(56)55-50(49(54)42-37-36-41-45-39-33-32-34-40-45)44-57-53-48(10-5)46(8-3)47(9-4)51(58-53)38-7-2/h7-10,32-34,39-40,46-51,53H,2-5,36-38,41-42,44,54H2,1H3,(H,55,56)/t46-,47+,48?,49+,50-,51?,53-/m0/s1. The third-order valence-electron chi connectivity index (χ3n) is 8.14. The molecule has 1 saturated heterocycles. The lowest BCUT2D eigenvalue weighted by Gasteiger charge is -2.44. The number of amides is 1. The molecule has 1 heterocycles. The Bertz CT molecular complexity index is 2420. The number of rotatable bonds is 15. The summed E-state index contributed by atoms with van der Waals surface area (Å²) in [5.74, 6) is 60.0. The average Bonchev–Trinajstić information content (AvgIpc) is 3.24. The summed E-state index contributed by atoms with van der Waals surface area (Å²) in [6, 6.07) is 9.31. The fourth-order valence-corrected chi connectivity index (χ4v) is 5.46. The van der Waals surface area contributed by atoms with E-state index in [9.17, 15) is 4.79 Å². The van der Waals surface area contributed by atoms with Crippen molar-refractivity contribution in [3.05, 3.63) is 86.5 Å². The number of hydrogen-bond donors (Lipinski definition) is 2. The monoisotopic (exact) mass is 754 g/mol. The summed E-state index contributed by atoms with van der Waals surface area (Å²) < 4.78 is 12.7.